The summed E-state index contributed by atoms with van der Waals surface area (Å²) in [7, 11) is 0. The van der Waals surface area contributed by atoms with Gasteiger partial charge < -0.3 is 52.3 Å². The van der Waals surface area contributed by atoms with Crippen LogP contribution in [0.5, 0.6) is 17.2 Å². The van der Waals surface area contributed by atoms with Gasteiger partial charge in [-0.05, 0) is 54.6 Å². The third-order valence-corrected chi connectivity index (χ3v) is 11.1. The van der Waals surface area contributed by atoms with Crippen LogP contribution >= 0.6 is 70.8 Å². The predicted molar refractivity (Wildman–Crippen MR) is 231 cm³/mol. The number of rotatable bonds is 11. The maximum atomic E-state index is 10.9. The van der Waals surface area contributed by atoms with E-state index in [9.17, 15) is 9.59 Å². The minimum absolute atomic E-state index is 0. The van der Waals surface area contributed by atoms with Gasteiger partial charge in [0, 0.05) is 11.5 Å². The molecule has 19 nitrogen and oxygen atoms in total. The fourth-order valence-corrected chi connectivity index (χ4v) is 7.95. The standard InChI is InChI=1S/C13H12N2O4S2.C10H8N2O2S.C8H4N2OS.C3H7NO2S.CH2O3.ClH.2K.H/c16-3-4-19-7-1-2-8-10(5-7)21-12(14-8)11-15-9(6-20-11)13(17)18;11-6-10-12-8-2-1-7(14-4-3-13)5-9(8)15-10;9-4-8-10-6-2-1-5(11)3-7(6)12-8;4-2(1-7)3(5)6;2-1-4-3;;;;/h1-2,5,9,16H,3-4,6H2,(H,17,18);1-2,5,13H,3-4H2;1-3,11H;2,7H,1,4H2,(H,5,6);1,3H;1H;;;/q;;;;;;2*+1;-1/p-1/t9-;;;2-;;;;;/m1..1...../s1. The Morgan fingerprint density at radius 3 is 1.76 bits per heavy atom. The molecule has 0 saturated carbocycles. The molecule has 3 aromatic carbocycles. The number of halogens is 1. The summed E-state index contributed by atoms with van der Waals surface area (Å²) >= 11 is 9.13. The fourth-order valence-electron chi connectivity index (χ4n) is 4.11. The number of aliphatic hydroxyl groups is 2. The van der Waals surface area contributed by atoms with Crippen LogP contribution in [0.15, 0.2) is 59.6 Å². The van der Waals surface area contributed by atoms with E-state index in [0.717, 1.165) is 35.7 Å². The second-order valence-corrected chi connectivity index (χ2v) is 15.2. The Hall–Kier alpha value is -2.11. The van der Waals surface area contributed by atoms with E-state index in [-0.39, 0.29) is 161 Å². The van der Waals surface area contributed by atoms with Gasteiger partial charge in [-0.1, -0.05) is 0 Å². The normalized spacial score (nSPS) is 12.3. The molecule has 1 aliphatic heterocycles. The molecule has 0 saturated heterocycles. The summed E-state index contributed by atoms with van der Waals surface area (Å²) in [6.07, 6.45) is 0. The molecule has 0 spiro atoms. The number of benzene rings is 3. The number of thiol groups is 1. The van der Waals surface area contributed by atoms with Crippen LogP contribution in [0.2, 0.25) is 0 Å². The third-order valence-electron chi connectivity index (χ3n) is 6.68. The molecule has 3 aromatic heterocycles. The van der Waals surface area contributed by atoms with E-state index in [0.29, 0.717) is 32.3 Å². The van der Waals surface area contributed by atoms with Crippen molar-refractivity contribution in [1.82, 2.24) is 15.0 Å². The number of nitrogens with two attached hydrogens (primary N) is 1. The Balaban J connectivity index is 0. The van der Waals surface area contributed by atoms with Gasteiger partial charge in [0.25, 0.3) is 6.47 Å². The Morgan fingerprint density at radius 1 is 0.887 bits per heavy atom. The minimum atomic E-state index is -1.00. The second kappa shape index (κ2) is 32.5. The maximum Gasteiger partial charge on any atom is 1.00 e. The molecule has 0 radical (unpaired) electrons. The van der Waals surface area contributed by atoms with Crippen molar-refractivity contribution in [2.45, 2.75) is 12.1 Å². The number of hydrogen-bond acceptors (Lipinski definition) is 22. The zero-order valence-corrected chi connectivity index (χ0v) is 43.7. The number of hydrogen-bond donors (Lipinski definition) is 7. The summed E-state index contributed by atoms with van der Waals surface area (Å²) in [6.45, 7) is 0.301. The molecule has 0 bridgehead atoms. The molecule has 2 atom stereocenters. The van der Waals surface area contributed by atoms with Crippen molar-refractivity contribution < 1.29 is 164 Å². The zero-order chi connectivity index (χ0) is 43.3. The van der Waals surface area contributed by atoms with Gasteiger partial charge in [0.1, 0.15) is 58.7 Å². The molecule has 4 heterocycles. The Labute approximate surface area is 467 Å². The molecule has 6 aromatic rings. The topological polar surface area (TPSA) is 328 Å². The zero-order valence-electron chi connectivity index (χ0n) is 33.5. The first-order chi connectivity index (χ1) is 28.4. The second-order valence-electron chi connectivity index (χ2n) is 10.8. The number of phenolic OH excluding ortho intramolecular Hbond substituents is 1. The van der Waals surface area contributed by atoms with Crippen molar-refractivity contribution >= 4 is 125 Å². The number of carbonyl (C=O) groups is 3. The number of aromatic nitrogens is 3. The van der Waals surface area contributed by atoms with Gasteiger partial charge in [-0.25, -0.2) is 19.7 Å². The number of aliphatic hydroxyl groups excluding tert-OH is 2. The fraction of sp³-hybridized carbons (Fsp3) is 0.229. The van der Waals surface area contributed by atoms with Crippen molar-refractivity contribution in [3.63, 3.8) is 0 Å². The van der Waals surface area contributed by atoms with Gasteiger partial charge in [0.15, 0.2) is 16.1 Å². The number of carboxylic acids is 2. The number of ether oxygens (including phenoxy) is 2. The summed E-state index contributed by atoms with van der Waals surface area (Å²) < 4.78 is 13.3. The van der Waals surface area contributed by atoms with Crippen molar-refractivity contribution in [3.8, 4) is 29.4 Å². The Morgan fingerprint density at radius 2 is 1.35 bits per heavy atom. The van der Waals surface area contributed by atoms with Crippen molar-refractivity contribution in [2.75, 3.05) is 37.9 Å². The molecule has 62 heavy (non-hydrogen) atoms. The summed E-state index contributed by atoms with van der Waals surface area (Å²) in [5.41, 5.74) is 7.32. The van der Waals surface area contributed by atoms with E-state index >= 15 is 0 Å². The van der Waals surface area contributed by atoms with Crippen LogP contribution < -0.4 is 123 Å². The number of aliphatic carboxylic acids is 2. The van der Waals surface area contributed by atoms with Gasteiger partial charge in [-0.2, -0.15) is 23.2 Å². The number of nitrogens with zero attached hydrogens (tertiary/aromatic N) is 6. The molecule has 0 fully saturated rings. The first kappa shape index (κ1) is 59.9. The molecule has 27 heteroatoms. The summed E-state index contributed by atoms with van der Waals surface area (Å²) in [5.74, 6) is 0.297. The Bertz CT molecular complexity index is 2470. The summed E-state index contributed by atoms with van der Waals surface area (Å²) in [4.78, 5) is 48.7. The van der Waals surface area contributed by atoms with Gasteiger partial charge in [-0.15, -0.1) is 58.2 Å². The van der Waals surface area contributed by atoms with Crippen LogP contribution in [0.4, 0.5) is 0 Å². The molecule has 1 aliphatic rings. The largest absolute Gasteiger partial charge is 1.00 e. The maximum absolute atomic E-state index is 10.9. The molecule has 0 unspecified atom stereocenters. The molecule has 7 N–H and O–H groups in total. The van der Waals surface area contributed by atoms with E-state index in [1.54, 1.807) is 36.4 Å². The molecular weight excluding hydrogens is 984 g/mol. The predicted octanol–water partition coefficient (Wildman–Crippen LogP) is -2.67. The first-order valence-electron chi connectivity index (χ1n) is 16.3. The van der Waals surface area contributed by atoms with Crippen molar-refractivity contribution in [3.05, 3.63) is 69.6 Å². The SMILES string of the molecule is Cl.N#Cc1nc2ccc(O)cc2s1.N#Cc1nc2ccc(OCCO)cc2s1.N[C@H](CS)C(=O)O.O=C(O)[C@H]1CSC(c2nc3ccc(OCCO)cc3s2)=N1.O=CO[O-].[H-].[K+].[K+]. The number of nitriles is 2. The third kappa shape index (κ3) is 20.0. The van der Waals surface area contributed by atoms with E-state index in [4.69, 9.17) is 61.3 Å². The molecule has 320 valence electrons. The monoisotopic (exact) mass is 1020 g/mol. The van der Waals surface area contributed by atoms with Gasteiger partial charge >= 0.3 is 115 Å². The number of thioether (sulfide) groups is 1. The number of thiazole rings is 3. The minimum Gasteiger partial charge on any atom is -1.00 e. The average Bonchev–Trinajstić information content (AvgIpc) is 4.07. The number of carboxylic acid groups (broad SMARTS) is 2. The van der Waals surface area contributed by atoms with Crippen LogP contribution in [0.3, 0.4) is 0 Å². The van der Waals surface area contributed by atoms with E-state index in [1.165, 1.54) is 45.8 Å². The quantitative estimate of drug-likeness (QED) is 0.0229. The van der Waals surface area contributed by atoms with E-state index < -0.39 is 24.0 Å². The van der Waals surface area contributed by atoms with Crippen molar-refractivity contribution in [1.29, 1.82) is 10.5 Å². The number of phenols is 1. The van der Waals surface area contributed by atoms with E-state index in [2.05, 4.69) is 37.5 Å². The first-order valence-corrected chi connectivity index (χ1v) is 20.4. The molecule has 7 rings (SSSR count). The number of aromatic hydroxyl groups is 1. The summed E-state index contributed by atoms with van der Waals surface area (Å²) in [5, 5.41) is 71.4. The van der Waals surface area contributed by atoms with Crippen LogP contribution in [0.1, 0.15) is 16.4 Å². The summed E-state index contributed by atoms with van der Waals surface area (Å²) in [6, 6.07) is 18.2. The smallest absolute Gasteiger partial charge is 1.00 e. The van der Waals surface area contributed by atoms with Gasteiger partial charge in [-0.3, -0.25) is 14.6 Å². The molecular formula is C35H34ClK2N7O12S5. The number of carbonyl (C=O) groups excluding carboxylic acids is 1. The van der Waals surface area contributed by atoms with Crippen LogP contribution in [0, 0.1) is 22.7 Å². The number of aliphatic imine (C=N–C) groups is 1. The van der Waals surface area contributed by atoms with Gasteiger partial charge in [0.2, 0.25) is 0 Å². The number of fused-ring (bicyclic) bond motifs is 3. The van der Waals surface area contributed by atoms with Crippen LogP contribution in [-0.4, -0.2) is 114 Å². The molecule has 0 amide bonds. The van der Waals surface area contributed by atoms with Crippen LogP contribution in [0.25, 0.3) is 30.6 Å². The average molecular weight is 1020 g/mol. The Kier molecular flexibility index (Phi) is 31.4. The van der Waals surface area contributed by atoms with Gasteiger partial charge in [0.05, 0.1) is 43.9 Å². The molecule has 0 aliphatic carbocycles. The van der Waals surface area contributed by atoms with Crippen LogP contribution in [-0.2, 0) is 19.3 Å². The van der Waals surface area contributed by atoms with E-state index in [1.807, 2.05) is 30.3 Å². The van der Waals surface area contributed by atoms with Crippen molar-refractivity contribution in [2.24, 2.45) is 10.7 Å².